The maximum atomic E-state index is 13.8. The van der Waals surface area contributed by atoms with E-state index >= 15 is 0 Å². The fourth-order valence-corrected chi connectivity index (χ4v) is 3.04. The molecule has 162 valence electrons. The van der Waals surface area contributed by atoms with Crippen LogP contribution in [0.25, 0.3) is 0 Å². The van der Waals surface area contributed by atoms with Crippen molar-refractivity contribution < 1.29 is 23.0 Å². The van der Waals surface area contributed by atoms with Crippen LogP contribution in [0.2, 0.25) is 0 Å². The highest BCUT2D eigenvalue weighted by atomic mass is 31.0. The van der Waals surface area contributed by atoms with E-state index in [1.54, 1.807) is 13.2 Å². The zero-order chi connectivity index (χ0) is 22.5. The number of carbonyl (C=O) groups is 1. The fraction of sp³-hybridized carbons (Fsp3) is 0.364. The van der Waals surface area contributed by atoms with Crippen molar-refractivity contribution in [2.45, 2.75) is 38.3 Å². The molecular weight excluding hydrogens is 409 g/mol. The summed E-state index contributed by atoms with van der Waals surface area (Å²) in [5.41, 5.74) is 1.31. The summed E-state index contributed by atoms with van der Waals surface area (Å²) in [4.78, 5) is 12.6. The van der Waals surface area contributed by atoms with Gasteiger partial charge in [0.05, 0.1) is 25.9 Å². The number of nitriles is 1. The summed E-state index contributed by atoms with van der Waals surface area (Å²) < 4.78 is 34.4. The standard InChI is InChI=1S/C21H24FN2O3P.CH3F/c1-3-6-19(21(25)24-13-15-7-4-5-8-18(15)26-2)27-16-10-9-14(12-23)17(11-16)20(22)28;1-2/h4-5,7-11,19-20H,3,6,13,28H2,1-2H3,(H,24,25);1H3. The molecule has 0 aliphatic carbocycles. The molecule has 2 aromatic carbocycles. The zero-order valence-electron chi connectivity index (χ0n) is 17.3. The number of amides is 1. The summed E-state index contributed by atoms with van der Waals surface area (Å²) in [5, 5.41) is 12.0. The van der Waals surface area contributed by atoms with Gasteiger partial charge in [-0.2, -0.15) is 5.26 Å². The molecule has 3 atom stereocenters. The molecule has 0 spiro atoms. The maximum absolute atomic E-state index is 13.8. The van der Waals surface area contributed by atoms with E-state index in [2.05, 4.69) is 5.32 Å². The molecule has 0 aliphatic rings. The molecule has 0 heterocycles. The van der Waals surface area contributed by atoms with Crippen LogP contribution in [0.15, 0.2) is 42.5 Å². The lowest BCUT2D eigenvalue weighted by Crippen LogP contribution is -2.38. The Bertz CT molecular complexity index is 857. The summed E-state index contributed by atoms with van der Waals surface area (Å²) in [6, 6.07) is 13.9. The van der Waals surface area contributed by atoms with Gasteiger partial charge in [0.1, 0.15) is 17.4 Å². The normalized spacial score (nSPS) is 11.9. The first-order valence-electron chi connectivity index (χ1n) is 9.37. The van der Waals surface area contributed by atoms with Crippen molar-refractivity contribution in [3.63, 3.8) is 0 Å². The number of methoxy groups -OCH3 is 1. The molecule has 0 fully saturated rings. The van der Waals surface area contributed by atoms with E-state index in [9.17, 15) is 13.6 Å². The third-order valence-corrected chi connectivity index (χ3v) is 4.57. The van der Waals surface area contributed by atoms with Crippen LogP contribution in [0.5, 0.6) is 11.5 Å². The van der Waals surface area contributed by atoms with Gasteiger partial charge in [0.15, 0.2) is 6.10 Å². The molecule has 0 aliphatic heterocycles. The van der Waals surface area contributed by atoms with Gasteiger partial charge in [0.25, 0.3) is 5.91 Å². The number of nitrogens with one attached hydrogen (secondary N) is 1. The van der Waals surface area contributed by atoms with E-state index in [4.69, 9.17) is 14.7 Å². The number of rotatable bonds is 9. The van der Waals surface area contributed by atoms with Crippen molar-refractivity contribution in [1.82, 2.24) is 5.32 Å². The van der Waals surface area contributed by atoms with Crippen LogP contribution in [0, 0.1) is 11.3 Å². The molecule has 8 heteroatoms. The third kappa shape index (κ3) is 7.27. The smallest absolute Gasteiger partial charge is 0.261 e. The van der Waals surface area contributed by atoms with Crippen LogP contribution >= 0.6 is 9.24 Å². The molecule has 0 bridgehead atoms. The molecule has 2 aromatic rings. The van der Waals surface area contributed by atoms with Crippen LogP contribution in [0.1, 0.15) is 42.4 Å². The number of nitrogens with zero attached hydrogens (tertiary/aromatic N) is 1. The van der Waals surface area contributed by atoms with Crippen molar-refractivity contribution in [3.05, 3.63) is 59.2 Å². The molecule has 3 unspecified atom stereocenters. The number of hydrogen-bond acceptors (Lipinski definition) is 4. The first-order valence-corrected chi connectivity index (χ1v) is 10.0. The molecule has 1 amide bonds. The first kappa shape index (κ1) is 25.3. The first-order chi connectivity index (χ1) is 14.5. The van der Waals surface area contributed by atoms with Gasteiger partial charge in [-0.05, 0) is 30.7 Å². The Labute approximate surface area is 178 Å². The van der Waals surface area contributed by atoms with Gasteiger partial charge >= 0.3 is 0 Å². The fourth-order valence-electron chi connectivity index (χ4n) is 2.76. The Kier molecular flexibility index (Phi) is 11.4. The molecular formula is C22H27F2N2O3P. The van der Waals surface area contributed by atoms with Gasteiger partial charge in [0.2, 0.25) is 0 Å². The second-order valence-electron chi connectivity index (χ2n) is 6.19. The van der Waals surface area contributed by atoms with Crippen LogP contribution < -0.4 is 14.8 Å². The van der Waals surface area contributed by atoms with Gasteiger partial charge in [-0.1, -0.05) is 40.8 Å². The Morgan fingerprint density at radius 2 is 1.97 bits per heavy atom. The number of alkyl halides is 2. The number of carbonyl (C=O) groups excluding carboxylic acids is 1. The predicted octanol–water partition coefficient (Wildman–Crippen LogP) is 4.86. The summed E-state index contributed by atoms with van der Waals surface area (Å²) in [6.45, 7) is 2.26. The van der Waals surface area contributed by atoms with E-state index in [0.717, 1.165) is 12.0 Å². The highest BCUT2D eigenvalue weighted by Crippen LogP contribution is 2.31. The molecule has 0 saturated heterocycles. The minimum atomic E-state index is -1.39. The van der Waals surface area contributed by atoms with Crippen LogP contribution in [-0.2, 0) is 11.3 Å². The van der Waals surface area contributed by atoms with Crippen LogP contribution in [-0.4, -0.2) is 26.3 Å². The van der Waals surface area contributed by atoms with Crippen LogP contribution in [0.4, 0.5) is 8.78 Å². The minimum Gasteiger partial charge on any atom is -0.496 e. The van der Waals surface area contributed by atoms with Crippen molar-refractivity contribution in [1.29, 1.82) is 5.26 Å². The van der Waals surface area contributed by atoms with E-state index in [1.165, 1.54) is 12.1 Å². The second-order valence-corrected chi connectivity index (χ2v) is 6.77. The summed E-state index contributed by atoms with van der Waals surface area (Å²) in [6.07, 6.45) is 0.529. The third-order valence-electron chi connectivity index (χ3n) is 4.21. The number of hydrogen-bond donors (Lipinski definition) is 1. The quantitative estimate of drug-likeness (QED) is 0.570. The van der Waals surface area contributed by atoms with Crippen molar-refractivity contribution >= 4 is 15.1 Å². The summed E-state index contributed by atoms with van der Waals surface area (Å²) in [7, 11) is 4.10. The largest absolute Gasteiger partial charge is 0.496 e. The predicted molar refractivity (Wildman–Crippen MR) is 116 cm³/mol. The Balaban J connectivity index is 0.00000218. The summed E-state index contributed by atoms with van der Waals surface area (Å²) >= 11 is 0. The average molecular weight is 436 g/mol. The van der Waals surface area contributed by atoms with E-state index in [0.29, 0.717) is 31.6 Å². The second kappa shape index (κ2) is 13.5. The maximum Gasteiger partial charge on any atom is 0.261 e. The van der Waals surface area contributed by atoms with Crippen molar-refractivity contribution in [2.24, 2.45) is 0 Å². The lowest BCUT2D eigenvalue weighted by Gasteiger charge is -2.19. The molecule has 1 N–H and O–H groups in total. The van der Waals surface area contributed by atoms with Gasteiger partial charge in [0, 0.05) is 17.7 Å². The zero-order valence-corrected chi connectivity index (χ0v) is 18.5. The summed E-state index contributed by atoms with van der Waals surface area (Å²) in [5.74, 6) is -0.601. The van der Waals surface area contributed by atoms with Crippen LogP contribution in [0.3, 0.4) is 0 Å². The topological polar surface area (TPSA) is 71.3 Å². The Hall–Kier alpha value is -2.71. The molecule has 0 aromatic heterocycles. The van der Waals surface area contributed by atoms with E-state index in [-0.39, 0.29) is 17.0 Å². The van der Waals surface area contributed by atoms with Gasteiger partial charge < -0.3 is 14.8 Å². The van der Waals surface area contributed by atoms with Gasteiger partial charge in [-0.15, -0.1) is 0 Å². The van der Waals surface area contributed by atoms with Gasteiger partial charge in [-0.3, -0.25) is 9.18 Å². The van der Waals surface area contributed by atoms with Crippen molar-refractivity contribution in [3.8, 4) is 17.6 Å². The minimum absolute atomic E-state index is 0.217. The number of ether oxygens (including phenoxy) is 2. The number of benzene rings is 2. The lowest BCUT2D eigenvalue weighted by atomic mass is 10.1. The molecule has 0 saturated carbocycles. The van der Waals surface area contributed by atoms with E-state index in [1.807, 2.05) is 46.5 Å². The number of halogens is 2. The number of para-hydroxylation sites is 1. The molecule has 2 rings (SSSR count). The lowest BCUT2D eigenvalue weighted by molar-refractivity contribution is -0.128. The monoisotopic (exact) mass is 436 g/mol. The Morgan fingerprint density at radius 1 is 1.27 bits per heavy atom. The van der Waals surface area contributed by atoms with Crippen molar-refractivity contribution in [2.75, 3.05) is 14.3 Å². The average Bonchev–Trinajstić information content (AvgIpc) is 2.78. The molecule has 0 radical (unpaired) electrons. The van der Waals surface area contributed by atoms with E-state index < -0.39 is 12.0 Å². The molecule has 30 heavy (non-hydrogen) atoms. The molecule has 5 nitrogen and oxygen atoms in total. The van der Waals surface area contributed by atoms with Gasteiger partial charge in [-0.25, -0.2) is 4.39 Å². The SMILES string of the molecule is CCCC(Oc1ccc(C#N)c(C(F)P)c1)C(=O)NCc1ccccc1OC.CF. The Morgan fingerprint density at radius 3 is 2.57 bits per heavy atom. The highest BCUT2D eigenvalue weighted by Gasteiger charge is 2.21. The highest BCUT2D eigenvalue weighted by molar-refractivity contribution is 7.16.